The Hall–Kier alpha value is -2.22. The van der Waals surface area contributed by atoms with Crippen LogP contribution in [0.3, 0.4) is 0 Å². The summed E-state index contributed by atoms with van der Waals surface area (Å²) in [5.41, 5.74) is 8.04. The first-order valence-corrected chi connectivity index (χ1v) is 10.1. The van der Waals surface area contributed by atoms with E-state index in [0.717, 1.165) is 41.7 Å². The summed E-state index contributed by atoms with van der Waals surface area (Å²) in [5, 5.41) is 0. The minimum atomic E-state index is 0.238. The maximum atomic E-state index is 12.9. The fourth-order valence-electron chi connectivity index (χ4n) is 3.84. The van der Waals surface area contributed by atoms with Gasteiger partial charge in [-0.25, -0.2) is 0 Å². The van der Waals surface area contributed by atoms with Crippen molar-refractivity contribution in [3.05, 3.63) is 69.8 Å². The minimum absolute atomic E-state index is 0.238. The van der Waals surface area contributed by atoms with Crippen LogP contribution in [0, 0.1) is 19.8 Å². The van der Waals surface area contributed by atoms with Gasteiger partial charge in [0.25, 0.3) is 0 Å². The van der Waals surface area contributed by atoms with Crippen molar-refractivity contribution >= 4 is 11.5 Å². The van der Waals surface area contributed by atoms with E-state index in [9.17, 15) is 4.79 Å². The van der Waals surface area contributed by atoms with Gasteiger partial charge in [-0.15, -0.1) is 0 Å². The molecule has 0 heterocycles. The topological polar surface area (TPSA) is 29.4 Å². The molecule has 0 saturated carbocycles. The van der Waals surface area contributed by atoms with Crippen molar-refractivity contribution in [2.24, 2.45) is 10.9 Å². The van der Waals surface area contributed by atoms with Crippen LogP contribution in [0.2, 0.25) is 0 Å². The van der Waals surface area contributed by atoms with E-state index in [-0.39, 0.29) is 5.78 Å². The van der Waals surface area contributed by atoms with E-state index < -0.39 is 0 Å². The molecule has 0 bridgehead atoms. The zero-order valence-electron chi connectivity index (χ0n) is 17.7. The van der Waals surface area contributed by atoms with Crippen LogP contribution in [0.1, 0.15) is 71.8 Å². The number of ketones is 1. The average molecular weight is 364 g/mol. The minimum Gasteiger partial charge on any atom is -0.294 e. The monoisotopic (exact) mass is 363 g/mol. The van der Waals surface area contributed by atoms with Crippen LogP contribution < -0.4 is 0 Å². The summed E-state index contributed by atoms with van der Waals surface area (Å²) in [6.07, 6.45) is 3.47. The summed E-state index contributed by atoms with van der Waals surface area (Å²) in [5.74, 6) is 0.576. The third-order valence-electron chi connectivity index (χ3n) is 5.28. The van der Waals surface area contributed by atoms with Gasteiger partial charge in [0.05, 0.1) is 0 Å². The number of nitrogens with zero attached hydrogens (tertiary/aromatic N) is 1. The number of rotatable bonds is 8. The molecule has 0 saturated heterocycles. The molecule has 27 heavy (non-hydrogen) atoms. The maximum Gasteiger partial charge on any atom is 0.163 e. The Labute approximate surface area is 164 Å². The SMILES string of the molecule is CCc1ccccc1CCCC(=O)c1cc(/C(=N\C)C(C)C)c(C)cc1C. The summed E-state index contributed by atoms with van der Waals surface area (Å²) >= 11 is 0. The maximum absolute atomic E-state index is 12.9. The van der Waals surface area contributed by atoms with Crippen LogP contribution in [0.25, 0.3) is 0 Å². The second-order valence-electron chi connectivity index (χ2n) is 7.64. The van der Waals surface area contributed by atoms with Gasteiger partial charge in [-0.3, -0.25) is 9.79 Å². The molecule has 0 radical (unpaired) electrons. The highest BCUT2D eigenvalue weighted by Gasteiger charge is 2.16. The van der Waals surface area contributed by atoms with Gasteiger partial charge in [-0.05, 0) is 72.9 Å². The molecule has 2 aromatic carbocycles. The summed E-state index contributed by atoms with van der Waals surface area (Å²) < 4.78 is 0. The molecule has 0 spiro atoms. The van der Waals surface area contributed by atoms with Crippen molar-refractivity contribution in [3.63, 3.8) is 0 Å². The second-order valence-corrected chi connectivity index (χ2v) is 7.64. The largest absolute Gasteiger partial charge is 0.294 e. The number of carbonyl (C=O) groups excluding carboxylic acids is 1. The number of hydrogen-bond donors (Lipinski definition) is 0. The Morgan fingerprint density at radius 3 is 2.22 bits per heavy atom. The number of aliphatic imine (C=N–C) groups is 1. The Bertz CT molecular complexity index is 830. The second kappa shape index (κ2) is 9.64. The van der Waals surface area contributed by atoms with E-state index in [1.54, 1.807) is 0 Å². The molecule has 2 aromatic rings. The van der Waals surface area contributed by atoms with Crippen LogP contribution >= 0.6 is 0 Å². The molecule has 0 aliphatic heterocycles. The molecule has 0 aliphatic rings. The van der Waals surface area contributed by atoms with Gasteiger partial charge in [0.15, 0.2) is 5.78 Å². The van der Waals surface area contributed by atoms with Gasteiger partial charge in [0.2, 0.25) is 0 Å². The predicted molar refractivity (Wildman–Crippen MR) is 116 cm³/mol. The number of benzene rings is 2. The fourth-order valence-corrected chi connectivity index (χ4v) is 3.84. The quantitative estimate of drug-likeness (QED) is 0.409. The zero-order chi connectivity index (χ0) is 20.0. The highest BCUT2D eigenvalue weighted by molar-refractivity contribution is 6.06. The van der Waals surface area contributed by atoms with E-state index in [1.807, 2.05) is 14.0 Å². The normalized spacial score (nSPS) is 11.9. The summed E-state index contributed by atoms with van der Waals surface area (Å²) in [4.78, 5) is 17.4. The van der Waals surface area contributed by atoms with Crippen molar-refractivity contribution in [1.29, 1.82) is 0 Å². The van der Waals surface area contributed by atoms with E-state index in [2.05, 4.69) is 69.1 Å². The summed E-state index contributed by atoms with van der Waals surface area (Å²) in [6, 6.07) is 12.7. The van der Waals surface area contributed by atoms with Crippen molar-refractivity contribution in [1.82, 2.24) is 0 Å². The van der Waals surface area contributed by atoms with Crippen LogP contribution in [-0.2, 0) is 12.8 Å². The molecule has 0 atom stereocenters. The van der Waals surface area contributed by atoms with E-state index in [1.165, 1.54) is 16.7 Å². The molecule has 2 heteroatoms. The van der Waals surface area contributed by atoms with Gasteiger partial charge < -0.3 is 0 Å². The lowest BCUT2D eigenvalue weighted by Crippen LogP contribution is -2.13. The Morgan fingerprint density at radius 2 is 1.63 bits per heavy atom. The highest BCUT2D eigenvalue weighted by atomic mass is 16.1. The first kappa shape index (κ1) is 21.1. The Morgan fingerprint density at radius 1 is 1.00 bits per heavy atom. The van der Waals surface area contributed by atoms with E-state index in [0.29, 0.717) is 12.3 Å². The molecule has 0 amide bonds. The molecule has 0 fully saturated rings. The van der Waals surface area contributed by atoms with Crippen LogP contribution in [0.15, 0.2) is 41.4 Å². The first-order valence-electron chi connectivity index (χ1n) is 10.1. The van der Waals surface area contributed by atoms with Crippen molar-refractivity contribution in [3.8, 4) is 0 Å². The lowest BCUT2D eigenvalue weighted by molar-refractivity contribution is 0.0979. The molecule has 0 aromatic heterocycles. The number of hydrogen-bond acceptors (Lipinski definition) is 2. The molecule has 0 unspecified atom stereocenters. The fraction of sp³-hybridized carbons (Fsp3) is 0.440. The number of aryl methyl sites for hydroxylation is 4. The summed E-state index contributed by atoms with van der Waals surface area (Å²) in [7, 11) is 1.83. The lowest BCUT2D eigenvalue weighted by atomic mass is 9.89. The molecule has 2 rings (SSSR count). The summed E-state index contributed by atoms with van der Waals surface area (Å²) in [6.45, 7) is 10.6. The molecule has 0 aliphatic carbocycles. The smallest absolute Gasteiger partial charge is 0.163 e. The van der Waals surface area contributed by atoms with Crippen molar-refractivity contribution in [2.75, 3.05) is 7.05 Å². The van der Waals surface area contributed by atoms with Gasteiger partial charge in [0.1, 0.15) is 0 Å². The highest BCUT2D eigenvalue weighted by Crippen LogP contribution is 2.22. The van der Waals surface area contributed by atoms with Gasteiger partial charge in [-0.2, -0.15) is 0 Å². The molecule has 0 N–H and O–H groups in total. The average Bonchev–Trinajstić information content (AvgIpc) is 2.64. The molecular formula is C25H33NO. The first-order chi connectivity index (χ1) is 12.9. The Balaban J connectivity index is 2.16. The third kappa shape index (κ3) is 5.15. The van der Waals surface area contributed by atoms with Crippen molar-refractivity contribution < 1.29 is 4.79 Å². The third-order valence-corrected chi connectivity index (χ3v) is 5.28. The van der Waals surface area contributed by atoms with Crippen LogP contribution in [0.4, 0.5) is 0 Å². The van der Waals surface area contributed by atoms with Crippen LogP contribution in [-0.4, -0.2) is 18.5 Å². The van der Waals surface area contributed by atoms with E-state index >= 15 is 0 Å². The standard InChI is InChI=1S/C25H33NO/c1-7-20-11-8-9-12-21(20)13-10-14-24(27)22-16-23(19(5)15-18(22)4)25(26-6)17(2)3/h8-9,11-12,15-17H,7,10,13-14H2,1-6H3/b26-25-. The number of carbonyl (C=O) groups is 1. The van der Waals surface area contributed by atoms with Crippen molar-refractivity contribution in [2.45, 2.75) is 60.3 Å². The molecular weight excluding hydrogens is 330 g/mol. The number of Topliss-reactive ketones (excluding diaryl/α,β-unsaturated/α-hetero) is 1. The van der Waals surface area contributed by atoms with Gasteiger partial charge >= 0.3 is 0 Å². The Kier molecular flexibility index (Phi) is 7.53. The molecule has 2 nitrogen and oxygen atoms in total. The van der Waals surface area contributed by atoms with Gasteiger partial charge in [0, 0.05) is 24.7 Å². The van der Waals surface area contributed by atoms with Crippen LogP contribution in [0.5, 0.6) is 0 Å². The molecule has 144 valence electrons. The zero-order valence-corrected chi connectivity index (χ0v) is 17.7. The lowest BCUT2D eigenvalue weighted by Gasteiger charge is -2.16. The predicted octanol–water partition coefficient (Wildman–Crippen LogP) is 6.15. The van der Waals surface area contributed by atoms with E-state index in [4.69, 9.17) is 0 Å². The van der Waals surface area contributed by atoms with Gasteiger partial charge in [-0.1, -0.05) is 51.1 Å².